The summed E-state index contributed by atoms with van der Waals surface area (Å²) in [4.78, 5) is 12.5. The van der Waals surface area contributed by atoms with Gasteiger partial charge in [0.25, 0.3) is 5.91 Å². The van der Waals surface area contributed by atoms with Crippen molar-refractivity contribution in [3.63, 3.8) is 0 Å². The van der Waals surface area contributed by atoms with Crippen molar-refractivity contribution >= 4 is 5.91 Å². The molecule has 1 aromatic carbocycles. The second-order valence-corrected chi connectivity index (χ2v) is 7.60. The van der Waals surface area contributed by atoms with E-state index in [1.807, 2.05) is 11.6 Å². The summed E-state index contributed by atoms with van der Waals surface area (Å²) in [6, 6.07) is 8.73. The van der Waals surface area contributed by atoms with Gasteiger partial charge in [-0.3, -0.25) is 4.79 Å². The summed E-state index contributed by atoms with van der Waals surface area (Å²) < 4.78 is 1.83. The van der Waals surface area contributed by atoms with Crippen molar-refractivity contribution in [3.05, 3.63) is 47.3 Å². The predicted molar refractivity (Wildman–Crippen MR) is 102 cm³/mol. The summed E-state index contributed by atoms with van der Waals surface area (Å²) in [5.41, 5.74) is 2.80. The Kier molecular flexibility index (Phi) is 6.04. The van der Waals surface area contributed by atoms with Gasteiger partial charge in [-0.2, -0.15) is 0 Å². The molecule has 1 saturated heterocycles. The maximum absolute atomic E-state index is 12.5. The Morgan fingerprint density at radius 1 is 1.23 bits per heavy atom. The van der Waals surface area contributed by atoms with E-state index in [2.05, 4.69) is 59.1 Å². The van der Waals surface area contributed by atoms with Crippen LogP contribution in [0.5, 0.6) is 0 Å². The third kappa shape index (κ3) is 4.69. The summed E-state index contributed by atoms with van der Waals surface area (Å²) in [6.07, 6.45) is 4.87. The van der Waals surface area contributed by atoms with Crippen LogP contribution in [0, 0.1) is 5.92 Å². The number of carbonyl (C=O) groups is 1. The Labute approximate surface area is 155 Å². The van der Waals surface area contributed by atoms with E-state index in [0.29, 0.717) is 17.7 Å². The first-order chi connectivity index (χ1) is 12.5. The lowest BCUT2D eigenvalue weighted by atomic mass is 10.00. The summed E-state index contributed by atoms with van der Waals surface area (Å²) in [7, 11) is 0. The van der Waals surface area contributed by atoms with Crippen LogP contribution in [0.15, 0.2) is 30.5 Å². The van der Waals surface area contributed by atoms with Gasteiger partial charge in [-0.05, 0) is 56.3 Å². The van der Waals surface area contributed by atoms with E-state index < -0.39 is 0 Å². The first kappa shape index (κ1) is 18.6. The van der Waals surface area contributed by atoms with Crippen molar-refractivity contribution < 1.29 is 4.79 Å². The Morgan fingerprint density at radius 3 is 2.58 bits per heavy atom. The van der Waals surface area contributed by atoms with Gasteiger partial charge in [0.15, 0.2) is 5.69 Å². The molecule has 3 rings (SSSR count). The minimum absolute atomic E-state index is 0.0698. The average Bonchev–Trinajstić information content (AvgIpc) is 3.13. The van der Waals surface area contributed by atoms with Crippen LogP contribution in [0.2, 0.25) is 0 Å². The molecule has 1 amide bonds. The van der Waals surface area contributed by atoms with E-state index in [1.54, 1.807) is 6.20 Å². The minimum atomic E-state index is -0.177. The minimum Gasteiger partial charge on any atom is -0.344 e. The molecule has 0 aliphatic carbocycles. The fourth-order valence-electron chi connectivity index (χ4n) is 3.40. The summed E-state index contributed by atoms with van der Waals surface area (Å²) in [6.45, 7) is 8.39. The van der Waals surface area contributed by atoms with E-state index in [4.69, 9.17) is 0 Å². The van der Waals surface area contributed by atoms with Crippen molar-refractivity contribution in [2.24, 2.45) is 5.92 Å². The van der Waals surface area contributed by atoms with Crippen molar-refractivity contribution in [2.75, 3.05) is 13.1 Å². The predicted octanol–water partition coefficient (Wildman–Crippen LogP) is 2.89. The zero-order chi connectivity index (χ0) is 18.5. The molecule has 140 valence electrons. The number of piperidine rings is 1. The maximum atomic E-state index is 12.5. The van der Waals surface area contributed by atoms with Gasteiger partial charge in [-0.1, -0.05) is 43.3 Å². The molecule has 6 heteroatoms. The molecule has 1 fully saturated rings. The van der Waals surface area contributed by atoms with Crippen molar-refractivity contribution in [1.82, 2.24) is 25.6 Å². The van der Waals surface area contributed by atoms with Crippen LogP contribution in [-0.4, -0.2) is 34.0 Å². The molecule has 1 aromatic heterocycles. The van der Waals surface area contributed by atoms with Crippen molar-refractivity contribution in [2.45, 2.75) is 52.1 Å². The van der Waals surface area contributed by atoms with Gasteiger partial charge in [0.05, 0.1) is 18.3 Å². The topological polar surface area (TPSA) is 71.8 Å². The fraction of sp³-hybridized carbons (Fsp3) is 0.550. The molecule has 1 unspecified atom stereocenters. The normalized spacial score (nSPS) is 16.6. The third-order valence-corrected chi connectivity index (χ3v) is 4.90. The molecule has 1 atom stereocenters. The number of carbonyl (C=O) groups excluding carboxylic acids is 1. The first-order valence-electron chi connectivity index (χ1n) is 9.55. The second kappa shape index (κ2) is 8.45. The number of nitrogens with zero attached hydrogens (tertiary/aromatic N) is 3. The highest BCUT2D eigenvalue weighted by atomic mass is 16.2. The van der Waals surface area contributed by atoms with E-state index in [-0.39, 0.29) is 11.9 Å². The second-order valence-electron chi connectivity index (χ2n) is 7.60. The van der Waals surface area contributed by atoms with E-state index in [1.165, 1.54) is 5.56 Å². The number of aromatic nitrogens is 3. The number of amides is 1. The summed E-state index contributed by atoms with van der Waals surface area (Å²) >= 11 is 0. The maximum Gasteiger partial charge on any atom is 0.273 e. The number of hydrogen-bond donors (Lipinski definition) is 2. The average molecular weight is 355 g/mol. The number of benzene rings is 1. The van der Waals surface area contributed by atoms with Crippen LogP contribution in [0.3, 0.4) is 0 Å². The molecular weight excluding hydrogens is 326 g/mol. The Hall–Kier alpha value is -2.21. The van der Waals surface area contributed by atoms with Gasteiger partial charge in [-0.15, -0.1) is 5.10 Å². The molecule has 0 saturated carbocycles. The van der Waals surface area contributed by atoms with Crippen LogP contribution >= 0.6 is 0 Å². The zero-order valence-electron chi connectivity index (χ0n) is 15.9. The van der Waals surface area contributed by atoms with Gasteiger partial charge in [0, 0.05) is 0 Å². The van der Waals surface area contributed by atoms with Crippen molar-refractivity contribution in [1.29, 1.82) is 0 Å². The van der Waals surface area contributed by atoms with Crippen LogP contribution in [0.25, 0.3) is 0 Å². The van der Waals surface area contributed by atoms with Gasteiger partial charge in [0.2, 0.25) is 0 Å². The van der Waals surface area contributed by atoms with Crippen LogP contribution in [-0.2, 0) is 6.42 Å². The molecule has 1 aliphatic heterocycles. The Balaban J connectivity index is 1.59. The standard InChI is InChI=1S/C20H29N5O/c1-14(2)12-16-4-6-17(7-5-16)15(3)22-20(26)19-13-25(24-23-19)18-8-10-21-11-9-18/h4-7,13-15,18,21H,8-12H2,1-3H3,(H,22,26). The quantitative estimate of drug-likeness (QED) is 0.836. The van der Waals surface area contributed by atoms with E-state index in [0.717, 1.165) is 37.9 Å². The highest BCUT2D eigenvalue weighted by Crippen LogP contribution is 2.18. The molecule has 0 bridgehead atoms. The molecule has 6 nitrogen and oxygen atoms in total. The lowest BCUT2D eigenvalue weighted by Crippen LogP contribution is -2.29. The Bertz CT molecular complexity index is 716. The highest BCUT2D eigenvalue weighted by Gasteiger charge is 2.19. The summed E-state index contributed by atoms with van der Waals surface area (Å²) in [5.74, 6) is 0.462. The molecule has 26 heavy (non-hydrogen) atoms. The van der Waals surface area contributed by atoms with Crippen molar-refractivity contribution in [3.8, 4) is 0 Å². The number of rotatable bonds is 6. The van der Waals surface area contributed by atoms with Crippen LogP contribution < -0.4 is 10.6 Å². The summed E-state index contributed by atoms with van der Waals surface area (Å²) in [5, 5.41) is 14.6. The van der Waals surface area contributed by atoms with E-state index >= 15 is 0 Å². The van der Waals surface area contributed by atoms with Crippen LogP contribution in [0.1, 0.15) is 67.3 Å². The van der Waals surface area contributed by atoms with Gasteiger partial charge in [0.1, 0.15) is 0 Å². The number of hydrogen-bond acceptors (Lipinski definition) is 4. The largest absolute Gasteiger partial charge is 0.344 e. The highest BCUT2D eigenvalue weighted by molar-refractivity contribution is 5.92. The molecule has 2 heterocycles. The molecule has 0 spiro atoms. The first-order valence-corrected chi connectivity index (χ1v) is 9.55. The molecule has 2 aromatic rings. The lowest BCUT2D eigenvalue weighted by Gasteiger charge is -2.22. The van der Waals surface area contributed by atoms with Crippen LogP contribution in [0.4, 0.5) is 0 Å². The molecule has 0 radical (unpaired) electrons. The van der Waals surface area contributed by atoms with Gasteiger partial charge >= 0.3 is 0 Å². The van der Waals surface area contributed by atoms with Gasteiger partial charge in [-0.25, -0.2) is 4.68 Å². The SMILES string of the molecule is CC(C)Cc1ccc(C(C)NC(=O)c2cn(C3CCNCC3)nn2)cc1. The third-order valence-electron chi connectivity index (χ3n) is 4.90. The molecular formula is C20H29N5O. The number of nitrogens with one attached hydrogen (secondary N) is 2. The zero-order valence-corrected chi connectivity index (χ0v) is 15.9. The van der Waals surface area contributed by atoms with E-state index in [9.17, 15) is 4.79 Å². The van der Waals surface area contributed by atoms with Gasteiger partial charge < -0.3 is 10.6 Å². The molecule has 2 N–H and O–H groups in total. The molecule has 1 aliphatic rings. The lowest BCUT2D eigenvalue weighted by molar-refractivity contribution is 0.0934. The smallest absolute Gasteiger partial charge is 0.273 e. The monoisotopic (exact) mass is 355 g/mol. The Morgan fingerprint density at radius 2 is 1.92 bits per heavy atom. The fourth-order valence-corrected chi connectivity index (χ4v) is 3.40.